The molecular formula is C21H17ClF3N3O3S. The van der Waals surface area contributed by atoms with Gasteiger partial charge in [-0.25, -0.2) is 4.98 Å². The summed E-state index contributed by atoms with van der Waals surface area (Å²) in [6, 6.07) is 13.5. The largest absolute Gasteiger partial charge is 0.573 e. The molecule has 6 nitrogen and oxygen atoms in total. The van der Waals surface area contributed by atoms with Crippen molar-refractivity contribution in [1.82, 2.24) is 15.0 Å². The van der Waals surface area contributed by atoms with Gasteiger partial charge in [0.25, 0.3) is 5.91 Å². The fraction of sp³-hybridized carbons (Fsp3) is 0.143. The number of carbonyl (C=O) groups is 1. The molecule has 2 aromatic carbocycles. The van der Waals surface area contributed by atoms with Gasteiger partial charge in [-0.15, -0.1) is 13.2 Å². The minimum atomic E-state index is -4.88. The summed E-state index contributed by atoms with van der Waals surface area (Å²) < 4.78 is 50.1. The number of alkyl halides is 3. The molecule has 11 heteroatoms. The van der Waals surface area contributed by atoms with Gasteiger partial charge in [0.15, 0.2) is 11.5 Å². The van der Waals surface area contributed by atoms with E-state index in [0.29, 0.717) is 5.02 Å². The summed E-state index contributed by atoms with van der Waals surface area (Å²) in [7, 11) is 1.79. The van der Waals surface area contributed by atoms with E-state index in [0.717, 1.165) is 16.5 Å². The number of halogens is 4. The summed E-state index contributed by atoms with van der Waals surface area (Å²) in [4.78, 5) is 17.4. The predicted molar refractivity (Wildman–Crippen MR) is 115 cm³/mol. The van der Waals surface area contributed by atoms with Gasteiger partial charge in [0.05, 0.1) is 0 Å². The number of aromatic nitrogens is 1. The third-order valence-electron chi connectivity index (χ3n) is 3.97. The van der Waals surface area contributed by atoms with E-state index in [1.54, 1.807) is 19.2 Å². The molecule has 3 rings (SSSR count). The number of benzene rings is 2. The molecule has 0 saturated heterocycles. The van der Waals surface area contributed by atoms with Gasteiger partial charge in [-0.3, -0.25) is 9.52 Å². The van der Waals surface area contributed by atoms with Crippen LogP contribution in [0.5, 0.6) is 17.4 Å². The van der Waals surface area contributed by atoms with Crippen LogP contribution in [0.1, 0.15) is 15.9 Å². The molecule has 0 radical (unpaired) electrons. The van der Waals surface area contributed by atoms with Gasteiger partial charge < -0.3 is 14.8 Å². The van der Waals surface area contributed by atoms with E-state index in [2.05, 4.69) is 19.8 Å². The molecular weight excluding hydrogens is 467 g/mol. The summed E-state index contributed by atoms with van der Waals surface area (Å²) in [6.07, 6.45) is -3.56. The minimum absolute atomic E-state index is 0.0673. The van der Waals surface area contributed by atoms with Crippen LogP contribution in [-0.2, 0) is 6.54 Å². The second-order valence-electron chi connectivity index (χ2n) is 6.22. The lowest BCUT2D eigenvalue weighted by Gasteiger charge is -2.13. The van der Waals surface area contributed by atoms with E-state index in [1.165, 1.54) is 48.5 Å². The van der Waals surface area contributed by atoms with E-state index in [-0.39, 0.29) is 23.7 Å². The Morgan fingerprint density at radius 2 is 1.88 bits per heavy atom. The molecule has 0 bridgehead atoms. The Morgan fingerprint density at radius 1 is 1.12 bits per heavy atom. The highest BCUT2D eigenvalue weighted by Gasteiger charge is 2.32. The number of carbonyl (C=O) groups excluding carboxylic acids is 1. The molecule has 0 aliphatic heterocycles. The number of hydrogen-bond acceptors (Lipinski definition) is 6. The number of hydrogen-bond donors (Lipinski definition) is 2. The Kier molecular flexibility index (Phi) is 7.84. The Morgan fingerprint density at radius 3 is 2.56 bits per heavy atom. The third-order valence-corrected chi connectivity index (χ3v) is 5.02. The number of rotatable bonds is 8. The van der Waals surface area contributed by atoms with Crippen LogP contribution in [-0.4, -0.2) is 24.3 Å². The average Bonchev–Trinajstić information content (AvgIpc) is 2.74. The monoisotopic (exact) mass is 483 g/mol. The van der Waals surface area contributed by atoms with Crippen LogP contribution in [0.15, 0.2) is 65.7 Å². The lowest BCUT2D eigenvalue weighted by Crippen LogP contribution is -2.23. The number of nitrogens with zero attached hydrogens (tertiary/aromatic N) is 1. The summed E-state index contributed by atoms with van der Waals surface area (Å²) in [5.41, 5.74) is 0.937. The smallest absolute Gasteiger partial charge is 0.435 e. The van der Waals surface area contributed by atoms with Gasteiger partial charge in [-0.2, -0.15) is 0 Å². The summed E-state index contributed by atoms with van der Waals surface area (Å²) in [5.74, 6) is -1.21. The van der Waals surface area contributed by atoms with Crippen LogP contribution in [0.25, 0.3) is 0 Å². The van der Waals surface area contributed by atoms with E-state index in [4.69, 9.17) is 16.3 Å². The molecule has 0 atom stereocenters. The molecule has 2 N–H and O–H groups in total. The number of pyridine rings is 1. The molecule has 3 aromatic rings. The Balaban J connectivity index is 1.68. The predicted octanol–water partition coefficient (Wildman–Crippen LogP) is 5.58. The zero-order valence-electron chi connectivity index (χ0n) is 16.6. The lowest BCUT2D eigenvalue weighted by atomic mass is 10.2. The topological polar surface area (TPSA) is 72.5 Å². The number of ether oxygens (including phenoxy) is 2. The molecule has 0 aliphatic rings. The molecule has 1 amide bonds. The molecule has 1 heterocycles. The SMILES string of the molecule is CNSc1ccc(CNC(=O)c2ccnc(Oc3ccccc3OC(F)(F)F)c2)c(Cl)c1. The van der Waals surface area contributed by atoms with Crippen molar-refractivity contribution in [2.75, 3.05) is 7.05 Å². The first-order valence-electron chi connectivity index (χ1n) is 9.14. The van der Waals surface area contributed by atoms with Crippen molar-refractivity contribution in [3.63, 3.8) is 0 Å². The van der Waals surface area contributed by atoms with Crippen molar-refractivity contribution in [3.8, 4) is 17.4 Å². The van der Waals surface area contributed by atoms with Gasteiger partial charge >= 0.3 is 6.36 Å². The highest BCUT2D eigenvalue weighted by molar-refractivity contribution is 7.97. The second kappa shape index (κ2) is 10.6. The van der Waals surface area contributed by atoms with Gasteiger partial charge in [-0.1, -0.05) is 29.8 Å². The van der Waals surface area contributed by atoms with Gasteiger partial charge in [0.2, 0.25) is 5.88 Å². The molecule has 0 spiro atoms. The first-order chi connectivity index (χ1) is 15.2. The lowest BCUT2D eigenvalue weighted by molar-refractivity contribution is -0.275. The number of nitrogens with one attached hydrogen (secondary N) is 2. The van der Waals surface area contributed by atoms with Crippen molar-refractivity contribution in [2.24, 2.45) is 0 Å². The maximum atomic E-state index is 12.6. The van der Waals surface area contributed by atoms with E-state index in [9.17, 15) is 18.0 Å². The standard InChI is InChI=1S/C21H17ClF3N3O3S/c1-26-32-15-7-6-14(16(22)11-15)12-28-20(29)13-8-9-27-19(10-13)30-17-4-2-3-5-18(17)31-21(23,24)25/h2-11,26H,12H2,1H3,(H,28,29). The summed E-state index contributed by atoms with van der Waals surface area (Å²) >= 11 is 7.67. The molecule has 0 fully saturated rings. The highest BCUT2D eigenvalue weighted by atomic mass is 35.5. The van der Waals surface area contributed by atoms with Crippen LogP contribution in [0.3, 0.4) is 0 Å². The zero-order valence-corrected chi connectivity index (χ0v) is 18.1. The number of para-hydroxylation sites is 2. The van der Waals surface area contributed by atoms with Crippen molar-refractivity contribution in [3.05, 3.63) is 76.9 Å². The molecule has 0 saturated carbocycles. The normalized spacial score (nSPS) is 11.2. The van der Waals surface area contributed by atoms with Gasteiger partial charge in [-0.05, 0) is 54.9 Å². The van der Waals surface area contributed by atoms with Gasteiger partial charge in [0, 0.05) is 34.3 Å². The van der Waals surface area contributed by atoms with Gasteiger partial charge in [0.1, 0.15) is 0 Å². The van der Waals surface area contributed by atoms with E-state index >= 15 is 0 Å². The maximum Gasteiger partial charge on any atom is 0.573 e. The highest BCUT2D eigenvalue weighted by Crippen LogP contribution is 2.34. The van der Waals surface area contributed by atoms with Crippen molar-refractivity contribution >= 4 is 29.5 Å². The molecule has 32 heavy (non-hydrogen) atoms. The van der Waals surface area contributed by atoms with E-state index < -0.39 is 18.0 Å². The summed E-state index contributed by atoms with van der Waals surface area (Å²) in [5, 5.41) is 3.24. The van der Waals surface area contributed by atoms with Crippen molar-refractivity contribution in [2.45, 2.75) is 17.8 Å². The molecule has 0 unspecified atom stereocenters. The first kappa shape index (κ1) is 23.7. The Hall–Kier alpha value is -2.95. The van der Waals surface area contributed by atoms with Crippen LogP contribution in [0.4, 0.5) is 13.2 Å². The second-order valence-corrected chi connectivity index (χ2v) is 7.71. The first-order valence-corrected chi connectivity index (χ1v) is 10.3. The van der Waals surface area contributed by atoms with Crippen LogP contribution in [0, 0.1) is 0 Å². The fourth-order valence-electron chi connectivity index (χ4n) is 2.59. The quantitative estimate of drug-likeness (QED) is 0.407. The summed E-state index contributed by atoms with van der Waals surface area (Å²) in [6.45, 7) is 0.183. The van der Waals surface area contributed by atoms with Crippen molar-refractivity contribution < 1.29 is 27.4 Å². The van der Waals surface area contributed by atoms with Crippen molar-refractivity contribution in [1.29, 1.82) is 0 Å². The fourth-order valence-corrected chi connectivity index (χ4v) is 3.45. The third kappa shape index (κ3) is 6.78. The molecule has 0 aliphatic carbocycles. The van der Waals surface area contributed by atoms with Crippen LogP contribution >= 0.6 is 23.5 Å². The van der Waals surface area contributed by atoms with Crippen LogP contribution in [0.2, 0.25) is 5.02 Å². The average molecular weight is 484 g/mol. The zero-order chi connectivity index (χ0) is 23.1. The Labute approximate surface area is 191 Å². The minimum Gasteiger partial charge on any atom is -0.435 e. The van der Waals surface area contributed by atoms with Crippen LogP contribution < -0.4 is 19.5 Å². The Bertz CT molecular complexity index is 1100. The maximum absolute atomic E-state index is 12.6. The van der Waals surface area contributed by atoms with E-state index in [1.807, 2.05) is 6.07 Å². The molecule has 168 valence electrons. The molecule has 1 aromatic heterocycles. The number of amides is 1.